The lowest BCUT2D eigenvalue weighted by molar-refractivity contribution is 0.475. The Morgan fingerprint density at radius 3 is 1.52 bits per heavy atom. The Hall–Kier alpha value is -4.26. The third-order valence-electron chi connectivity index (χ3n) is 5.30. The van der Waals surface area contributed by atoms with E-state index in [-0.39, 0.29) is 11.2 Å². The van der Waals surface area contributed by atoms with Crippen LogP contribution in [0.15, 0.2) is 81.6 Å². The van der Waals surface area contributed by atoms with Crippen LogP contribution < -0.4 is 0 Å². The summed E-state index contributed by atoms with van der Waals surface area (Å²) in [7, 11) is 0. The highest BCUT2D eigenvalue weighted by atomic mass is 16.4. The first-order valence-corrected chi connectivity index (χ1v) is 10.5. The van der Waals surface area contributed by atoms with Gasteiger partial charge in [0.1, 0.15) is 5.75 Å². The topological polar surface area (TPSA) is 98.1 Å². The number of aromatic hydroxyl groups is 1. The molecule has 0 fully saturated rings. The summed E-state index contributed by atoms with van der Waals surface area (Å²) in [5.41, 5.74) is 4.29. The monoisotopic (exact) mass is 438 g/mol. The Bertz CT molecular complexity index is 1410. The highest BCUT2D eigenvalue weighted by Crippen LogP contribution is 2.30. The summed E-state index contributed by atoms with van der Waals surface area (Å²) >= 11 is 0. The number of phenols is 1. The van der Waals surface area contributed by atoms with Gasteiger partial charge < -0.3 is 13.9 Å². The lowest BCUT2D eigenvalue weighted by Gasteiger charge is -2.18. The molecular weight excluding hydrogens is 416 g/mol. The number of aromatic nitrogens is 4. The van der Waals surface area contributed by atoms with Gasteiger partial charge in [0.05, 0.1) is 0 Å². The van der Waals surface area contributed by atoms with Gasteiger partial charge in [-0.15, -0.1) is 20.4 Å². The van der Waals surface area contributed by atoms with Crippen LogP contribution in [-0.4, -0.2) is 25.5 Å². The first-order chi connectivity index (χ1) is 15.9. The molecule has 5 aromatic rings. The van der Waals surface area contributed by atoms with E-state index in [1.165, 1.54) is 5.56 Å². The predicted molar refractivity (Wildman–Crippen MR) is 124 cm³/mol. The van der Waals surface area contributed by atoms with Gasteiger partial charge in [-0.05, 0) is 59.5 Å². The summed E-state index contributed by atoms with van der Waals surface area (Å²) < 4.78 is 11.8. The summed E-state index contributed by atoms with van der Waals surface area (Å²) in [4.78, 5) is 0. The molecule has 164 valence electrons. The highest BCUT2D eigenvalue weighted by molar-refractivity contribution is 5.66. The van der Waals surface area contributed by atoms with E-state index in [2.05, 4.69) is 53.3 Å². The highest BCUT2D eigenvalue weighted by Gasteiger charge is 2.16. The van der Waals surface area contributed by atoms with Gasteiger partial charge in [0.15, 0.2) is 0 Å². The maximum atomic E-state index is 9.68. The fourth-order valence-corrected chi connectivity index (χ4v) is 3.45. The maximum absolute atomic E-state index is 9.68. The second-order valence-electron chi connectivity index (χ2n) is 8.78. The van der Waals surface area contributed by atoms with Gasteiger partial charge in [0.2, 0.25) is 23.6 Å². The SMILES string of the molecule is CC(C)(C)c1ccc(-c2nnc(-c3cccc(-c4nnc(-c5cccc(O)c5)o4)c3)o2)cc1. The van der Waals surface area contributed by atoms with Crippen LogP contribution >= 0.6 is 0 Å². The molecule has 0 bridgehead atoms. The van der Waals surface area contributed by atoms with Crippen molar-refractivity contribution < 1.29 is 13.9 Å². The second-order valence-corrected chi connectivity index (χ2v) is 8.78. The first-order valence-electron chi connectivity index (χ1n) is 10.5. The molecule has 7 nitrogen and oxygen atoms in total. The van der Waals surface area contributed by atoms with Crippen molar-refractivity contribution in [2.24, 2.45) is 0 Å². The average molecular weight is 438 g/mol. The molecule has 0 amide bonds. The standard InChI is InChI=1S/C26H22N4O3/c1-26(2,3)20-12-10-16(11-13-20)22-27-28-23(32-22)17-6-4-7-18(14-17)24-29-30-25(33-24)19-8-5-9-21(31)15-19/h4-15,31H,1-3H3. The Morgan fingerprint density at radius 2 is 1.03 bits per heavy atom. The van der Waals surface area contributed by atoms with Crippen LogP contribution in [0.4, 0.5) is 0 Å². The molecule has 0 atom stereocenters. The van der Waals surface area contributed by atoms with Crippen molar-refractivity contribution >= 4 is 0 Å². The van der Waals surface area contributed by atoms with E-state index in [0.717, 1.165) is 16.7 Å². The van der Waals surface area contributed by atoms with E-state index < -0.39 is 0 Å². The molecule has 2 heterocycles. The molecule has 5 rings (SSSR count). The number of rotatable bonds is 4. The normalized spacial score (nSPS) is 11.6. The first kappa shape index (κ1) is 20.6. The van der Waals surface area contributed by atoms with Gasteiger partial charge in [-0.25, -0.2) is 0 Å². The molecule has 3 aromatic carbocycles. The summed E-state index contributed by atoms with van der Waals surface area (Å²) in [5.74, 6) is 1.67. The van der Waals surface area contributed by atoms with Crippen LogP contribution in [0.25, 0.3) is 45.8 Å². The van der Waals surface area contributed by atoms with Crippen LogP contribution in [0.5, 0.6) is 5.75 Å². The van der Waals surface area contributed by atoms with E-state index >= 15 is 0 Å². The molecular formula is C26H22N4O3. The fourth-order valence-electron chi connectivity index (χ4n) is 3.45. The zero-order valence-electron chi connectivity index (χ0n) is 18.5. The second kappa shape index (κ2) is 8.02. The minimum Gasteiger partial charge on any atom is -0.508 e. The van der Waals surface area contributed by atoms with E-state index in [4.69, 9.17) is 8.83 Å². The Morgan fingerprint density at radius 1 is 0.576 bits per heavy atom. The zero-order chi connectivity index (χ0) is 23.0. The van der Waals surface area contributed by atoms with Crippen LogP contribution in [0.2, 0.25) is 0 Å². The zero-order valence-corrected chi connectivity index (χ0v) is 18.5. The molecule has 2 aromatic heterocycles. The Kier molecular flexibility index (Phi) is 5.01. The van der Waals surface area contributed by atoms with E-state index in [9.17, 15) is 5.11 Å². The maximum Gasteiger partial charge on any atom is 0.248 e. The van der Waals surface area contributed by atoms with Crippen molar-refractivity contribution in [1.29, 1.82) is 0 Å². The Balaban J connectivity index is 1.41. The summed E-state index contributed by atoms with van der Waals surface area (Å²) in [6.07, 6.45) is 0. The molecule has 33 heavy (non-hydrogen) atoms. The van der Waals surface area contributed by atoms with Crippen molar-refractivity contribution in [2.45, 2.75) is 26.2 Å². The third-order valence-corrected chi connectivity index (χ3v) is 5.30. The van der Waals surface area contributed by atoms with Gasteiger partial charge in [0.25, 0.3) is 0 Å². The van der Waals surface area contributed by atoms with Gasteiger partial charge in [-0.1, -0.05) is 45.0 Å². The van der Waals surface area contributed by atoms with Crippen molar-refractivity contribution in [3.8, 4) is 51.6 Å². The molecule has 1 N–H and O–H groups in total. The fraction of sp³-hybridized carbons (Fsp3) is 0.154. The largest absolute Gasteiger partial charge is 0.508 e. The predicted octanol–water partition coefficient (Wildman–Crippen LogP) is 6.12. The van der Waals surface area contributed by atoms with E-state index in [1.807, 2.05) is 36.4 Å². The van der Waals surface area contributed by atoms with E-state index in [1.54, 1.807) is 24.3 Å². The summed E-state index contributed by atoms with van der Waals surface area (Å²) in [6, 6.07) is 22.3. The lowest BCUT2D eigenvalue weighted by atomic mass is 9.87. The van der Waals surface area contributed by atoms with Gasteiger partial charge in [-0.3, -0.25) is 0 Å². The van der Waals surface area contributed by atoms with Crippen LogP contribution in [0.3, 0.4) is 0 Å². The molecule has 0 spiro atoms. The minimum atomic E-state index is 0.0779. The number of hydrogen-bond acceptors (Lipinski definition) is 7. The number of hydrogen-bond donors (Lipinski definition) is 1. The molecule has 0 radical (unpaired) electrons. The number of nitrogens with zero attached hydrogens (tertiary/aromatic N) is 4. The smallest absolute Gasteiger partial charge is 0.248 e. The quantitative estimate of drug-likeness (QED) is 0.361. The molecule has 0 aliphatic rings. The van der Waals surface area contributed by atoms with Crippen LogP contribution in [0, 0.1) is 0 Å². The van der Waals surface area contributed by atoms with Crippen LogP contribution in [-0.2, 0) is 5.41 Å². The molecule has 0 saturated heterocycles. The molecule has 0 aliphatic heterocycles. The van der Waals surface area contributed by atoms with E-state index in [0.29, 0.717) is 29.1 Å². The van der Waals surface area contributed by atoms with Gasteiger partial charge in [-0.2, -0.15) is 0 Å². The average Bonchev–Trinajstić information content (AvgIpc) is 3.49. The molecule has 0 aliphatic carbocycles. The number of phenolic OH excluding ortho intramolecular Hbond substituents is 1. The third kappa shape index (κ3) is 4.25. The van der Waals surface area contributed by atoms with Crippen molar-refractivity contribution in [3.05, 3.63) is 78.4 Å². The van der Waals surface area contributed by atoms with Crippen molar-refractivity contribution in [3.63, 3.8) is 0 Å². The van der Waals surface area contributed by atoms with Crippen LogP contribution in [0.1, 0.15) is 26.3 Å². The van der Waals surface area contributed by atoms with Gasteiger partial charge in [0, 0.05) is 22.3 Å². The Labute approximate surface area is 190 Å². The van der Waals surface area contributed by atoms with Gasteiger partial charge >= 0.3 is 0 Å². The molecule has 7 heteroatoms. The summed E-state index contributed by atoms with van der Waals surface area (Å²) in [5, 5.41) is 26.4. The lowest BCUT2D eigenvalue weighted by Crippen LogP contribution is -2.10. The molecule has 0 saturated carbocycles. The number of benzene rings is 3. The minimum absolute atomic E-state index is 0.0779. The summed E-state index contributed by atoms with van der Waals surface area (Å²) in [6.45, 7) is 6.53. The molecule has 0 unspecified atom stereocenters. The van der Waals surface area contributed by atoms with Crippen molar-refractivity contribution in [2.75, 3.05) is 0 Å². The van der Waals surface area contributed by atoms with Crippen molar-refractivity contribution in [1.82, 2.24) is 20.4 Å².